The zero-order valence-corrected chi connectivity index (χ0v) is 12.3. The maximum atomic E-state index is 5.79. The molecule has 0 amide bonds. The number of piperidine rings is 1. The third kappa shape index (κ3) is 2.58. The summed E-state index contributed by atoms with van der Waals surface area (Å²) in [6, 6.07) is 4.15. The van der Waals surface area contributed by atoms with E-state index in [1.807, 2.05) is 6.20 Å². The van der Waals surface area contributed by atoms with Gasteiger partial charge in [-0.15, -0.1) is 0 Å². The lowest BCUT2D eigenvalue weighted by Crippen LogP contribution is -2.34. The monoisotopic (exact) mass is 272 g/mol. The Balaban J connectivity index is 1.75. The van der Waals surface area contributed by atoms with Crippen molar-refractivity contribution < 1.29 is 0 Å². The molecule has 0 aliphatic carbocycles. The average molecular weight is 272 g/mol. The van der Waals surface area contributed by atoms with Crippen LogP contribution in [0.15, 0.2) is 24.5 Å². The molecule has 0 unspecified atom stereocenters. The van der Waals surface area contributed by atoms with E-state index in [2.05, 4.69) is 39.5 Å². The summed E-state index contributed by atoms with van der Waals surface area (Å²) in [5.41, 5.74) is 8.13. The molecule has 1 fully saturated rings. The molecule has 2 aromatic heterocycles. The first kappa shape index (κ1) is 13.6. The lowest BCUT2D eigenvalue weighted by atomic mass is 9.93. The van der Waals surface area contributed by atoms with Crippen LogP contribution in [-0.2, 0) is 13.0 Å². The first-order valence-corrected chi connectivity index (χ1v) is 7.68. The molecule has 1 aliphatic rings. The third-order valence-electron chi connectivity index (χ3n) is 4.58. The number of nitrogens with zero attached hydrogens (tertiary/aromatic N) is 3. The van der Waals surface area contributed by atoms with Crippen molar-refractivity contribution in [2.24, 2.45) is 11.7 Å². The molecule has 0 saturated carbocycles. The predicted octanol–water partition coefficient (Wildman–Crippen LogP) is 2.07. The predicted molar refractivity (Wildman–Crippen MR) is 81.6 cm³/mol. The fourth-order valence-electron chi connectivity index (χ4n) is 3.22. The molecule has 0 bridgehead atoms. The molecule has 20 heavy (non-hydrogen) atoms. The number of fused-ring (bicyclic) bond motifs is 1. The fraction of sp³-hybridized carbons (Fsp3) is 0.562. The van der Waals surface area contributed by atoms with Crippen LogP contribution in [0.1, 0.15) is 31.2 Å². The van der Waals surface area contributed by atoms with Crippen LogP contribution in [-0.4, -0.2) is 33.9 Å². The second kappa shape index (κ2) is 5.94. The van der Waals surface area contributed by atoms with Gasteiger partial charge in [0.1, 0.15) is 5.82 Å². The van der Waals surface area contributed by atoms with Gasteiger partial charge < -0.3 is 15.0 Å². The molecule has 3 heterocycles. The van der Waals surface area contributed by atoms with Gasteiger partial charge in [0.25, 0.3) is 0 Å². The molecule has 1 aliphatic heterocycles. The van der Waals surface area contributed by atoms with E-state index in [4.69, 9.17) is 5.73 Å². The summed E-state index contributed by atoms with van der Waals surface area (Å²) < 4.78 is 2.22. The molecular formula is C16H24N4. The Labute approximate surface area is 120 Å². The van der Waals surface area contributed by atoms with Crippen LogP contribution in [0.4, 0.5) is 0 Å². The van der Waals surface area contributed by atoms with Gasteiger partial charge in [0.2, 0.25) is 0 Å². The van der Waals surface area contributed by atoms with Crippen molar-refractivity contribution >= 4 is 5.52 Å². The Morgan fingerprint density at radius 3 is 2.85 bits per heavy atom. The number of aromatic nitrogens is 2. The lowest BCUT2D eigenvalue weighted by Gasteiger charge is -2.30. The minimum Gasteiger partial charge on any atom is -0.326 e. The third-order valence-corrected chi connectivity index (χ3v) is 4.58. The van der Waals surface area contributed by atoms with Gasteiger partial charge in [-0.2, -0.15) is 0 Å². The Bertz CT molecular complexity index is 567. The van der Waals surface area contributed by atoms with E-state index in [9.17, 15) is 0 Å². The second-order valence-corrected chi connectivity index (χ2v) is 5.75. The number of nitrogens with two attached hydrogens (primary N) is 1. The van der Waals surface area contributed by atoms with Crippen LogP contribution in [0.2, 0.25) is 0 Å². The van der Waals surface area contributed by atoms with Crippen molar-refractivity contribution in [3.05, 3.63) is 35.9 Å². The molecule has 0 aromatic carbocycles. The zero-order chi connectivity index (χ0) is 13.9. The van der Waals surface area contributed by atoms with E-state index < -0.39 is 0 Å². The first-order valence-electron chi connectivity index (χ1n) is 7.68. The van der Waals surface area contributed by atoms with Crippen molar-refractivity contribution in [3.63, 3.8) is 0 Å². The van der Waals surface area contributed by atoms with Crippen LogP contribution in [0.3, 0.4) is 0 Å². The van der Waals surface area contributed by atoms with Crippen molar-refractivity contribution in [2.75, 3.05) is 19.6 Å². The molecule has 4 nitrogen and oxygen atoms in total. The standard InChI is InChI=1S/C16H24N4/c1-2-19-8-5-13(6-9-19)10-16-18-12-15-14(11-17)4-3-7-20(15)16/h3-4,7,12-13H,2,5-6,8-11,17H2,1H3. The van der Waals surface area contributed by atoms with Gasteiger partial charge in [-0.05, 0) is 50.0 Å². The second-order valence-electron chi connectivity index (χ2n) is 5.75. The average Bonchev–Trinajstić information content (AvgIpc) is 2.91. The quantitative estimate of drug-likeness (QED) is 0.927. The number of pyridine rings is 1. The van der Waals surface area contributed by atoms with Crippen molar-refractivity contribution in [1.82, 2.24) is 14.3 Å². The lowest BCUT2D eigenvalue weighted by molar-refractivity contribution is 0.191. The van der Waals surface area contributed by atoms with Crippen molar-refractivity contribution in [1.29, 1.82) is 0 Å². The van der Waals surface area contributed by atoms with E-state index in [0.29, 0.717) is 6.54 Å². The molecular weight excluding hydrogens is 248 g/mol. The Morgan fingerprint density at radius 2 is 2.15 bits per heavy atom. The topological polar surface area (TPSA) is 46.6 Å². The van der Waals surface area contributed by atoms with Crippen LogP contribution in [0.5, 0.6) is 0 Å². The van der Waals surface area contributed by atoms with Crippen LogP contribution >= 0.6 is 0 Å². The number of hydrogen-bond donors (Lipinski definition) is 1. The normalized spacial score (nSPS) is 17.9. The molecule has 0 atom stereocenters. The molecule has 3 rings (SSSR count). The van der Waals surface area contributed by atoms with Gasteiger partial charge >= 0.3 is 0 Å². The minimum atomic E-state index is 0.574. The maximum absolute atomic E-state index is 5.79. The van der Waals surface area contributed by atoms with Gasteiger partial charge in [0, 0.05) is 19.2 Å². The molecule has 108 valence electrons. The summed E-state index contributed by atoms with van der Waals surface area (Å²) in [6.07, 6.45) is 7.75. The van der Waals surface area contributed by atoms with Crippen molar-refractivity contribution in [2.45, 2.75) is 32.7 Å². The molecule has 0 radical (unpaired) electrons. The number of imidazole rings is 1. The Kier molecular flexibility index (Phi) is 4.03. The SMILES string of the molecule is CCN1CCC(Cc2ncc3c(CN)cccn23)CC1. The smallest absolute Gasteiger partial charge is 0.113 e. The van der Waals surface area contributed by atoms with E-state index in [1.54, 1.807) is 0 Å². The van der Waals surface area contributed by atoms with E-state index in [0.717, 1.165) is 17.9 Å². The summed E-state index contributed by atoms with van der Waals surface area (Å²) in [6.45, 7) is 6.47. The van der Waals surface area contributed by atoms with E-state index >= 15 is 0 Å². The summed E-state index contributed by atoms with van der Waals surface area (Å²) in [7, 11) is 0. The highest BCUT2D eigenvalue weighted by Crippen LogP contribution is 2.22. The molecule has 4 heteroatoms. The minimum absolute atomic E-state index is 0.574. The molecule has 1 saturated heterocycles. The Hall–Kier alpha value is -1.39. The summed E-state index contributed by atoms with van der Waals surface area (Å²) in [4.78, 5) is 7.17. The highest BCUT2D eigenvalue weighted by molar-refractivity contribution is 5.54. The fourth-order valence-corrected chi connectivity index (χ4v) is 3.22. The van der Waals surface area contributed by atoms with E-state index in [-0.39, 0.29) is 0 Å². The highest BCUT2D eigenvalue weighted by atomic mass is 15.1. The summed E-state index contributed by atoms with van der Waals surface area (Å²) >= 11 is 0. The van der Waals surface area contributed by atoms with Crippen LogP contribution in [0, 0.1) is 5.92 Å². The van der Waals surface area contributed by atoms with Crippen molar-refractivity contribution in [3.8, 4) is 0 Å². The summed E-state index contributed by atoms with van der Waals surface area (Å²) in [5.74, 6) is 1.95. The summed E-state index contributed by atoms with van der Waals surface area (Å²) in [5, 5.41) is 0. The number of rotatable bonds is 4. The largest absolute Gasteiger partial charge is 0.326 e. The van der Waals surface area contributed by atoms with Gasteiger partial charge in [-0.3, -0.25) is 0 Å². The maximum Gasteiger partial charge on any atom is 0.113 e. The first-order chi connectivity index (χ1) is 9.81. The molecule has 2 N–H and O–H groups in total. The number of likely N-dealkylation sites (tertiary alicyclic amines) is 1. The van der Waals surface area contributed by atoms with Gasteiger partial charge in [0.15, 0.2) is 0 Å². The van der Waals surface area contributed by atoms with Crippen LogP contribution < -0.4 is 5.73 Å². The molecule has 2 aromatic rings. The van der Waals surface area contributed by atoms with Gasteiger partial charge in [-0.1, -0.05) is 13.0 Å². The Morgan fingerprint density at radius 1 is 1.35 bits per heavy atom. The van der Waals surface area contributed by atoms with Gasteiger partial charge in [0.05, 0.1) is 11.7 Å². The number of hydrogen-bond acceptors (Lipinski definition) is 3. The molecule has 0 spiro atoms. The zero-order valence-electron chi connectivity index (χ0n) is 12.3. The highest BCUT2D eigenvalue weighted by Gasteiger charge is 2.20. The van der Waals surface area contributed by atoms with Crippen LogP contribution in [0.25, 0.3) is 5.52 Å². The van der Waals surface area contributed by atoms with Gasteiger partial charge in [-0.25, -0.2) is 4.98 Å². The van der Waals surface area contributed by atoms with E-state index in [1.165, 1.54) is 43.9 Å².